The Morgan fingerprint density at radius 1 is 1.26 bits per heavy atom. The minimum atomic E-state index is 0.423. The summed E-state index contributed by atoms with van der Waals surface area (Å²) in [5.41, 5.74) is 8.98. The Kier molecular flexibility index (Phi) is 6.59. The lowest BCUT2D eigenvalue weighted by molar-refractivity contribution is 0.407. The molecule has 2 N–H and O–H groups in total. The number of methoxy groups -OCH3 is 1. The number of hydrogen-bond donors (Lipinski definition) is 1. The number of thioether (sulfide) groups is 1. The fourth-order valence-corrected chi connectivity index (χ4v) is 3.02. The number of hydrogen-bond acceptors (Lipinski definition) is 6. The SMILES string of the molecule is COc1ccc(C=NN=C(N)SCc2ccccc2)cc1Cn1cncn1. The topological polar surface area (TPSA) is 90.7 Å². The molecule has 1 aromatic heterocycles. The van der Waals surface area contributed by atoms with Crippen molar-refractivity contribution in [3.05, 3.63) is 77.9 Å². The van der Waals surface area contributed by atoms with Gasteiger partial charge in [0.25, 0.3) is 0 Å². The summed E-state index contributed by atoms with van der Waals surface area (Å²) >= 11 is 1.45. The van der Waals surface area contributed by atoms with Gasteiger partial charge in [0.1, 0.15) is 18.4 Å². The normalized spacial score (nSPS) is 11.8. The molecule has 0 fully saturated rings. The highest BCUT2D eigenvalue weighted by molar-refractivity contribution is 8.13. The van der Waals surface area contributed by atoms with Crippen LogP contribution in [0.1, 0.15) is 16.7 Å². The van der Waals surface area contributed by atoms with E-state index in [0.29, 0.717) is 11.7 Å². The molecule has 0 spiro atoms. The molecule has 138 valence electrons. The number of aromatic nitrogens is 3. The van der Waals surface area contributed by atoms with Gasteiger partial charge in [0.15, 0.2) is 5.17 Å². The largest absolute Gasteiger partial charge is 0.496 e. The molecule has 0 aliphatic carbocycles. The quantitative estimate of drug-likeness (QED) is 0.387. The summed E-state index contributed by atoms with van der Waals surface area (Å²) in [5, 5.41) is 12.7. The Morgan fingerprint density at radius 2 is 2.11 bits per heavy atom. The van der Waals surface area contributed by atoms with E-state index in [-0.39, 0.29) is 0 Å². The Hall–Kier alpha value is -3.13. The standard InChI is InChI=1S/C19H20N6OS/c1-26-18-8-7-16(9-17(18)11-25-14-21-13-23-25)10-22-24-19(20)27-12-15-5-3-2-4-6-15/h2-10,13-14H,11-12H2,1H3,(H2,20,24). The van der Waals surface area contributed by atoms with Crippen LogP contribution < -0.4 is 10.5 Å². The van der Waals surface area contributed by atoms with Gasteiger partial charge in [0.05, 0.1) is 19.9 Å². The minimum Gasteiger partial charge on any atom is -0.496 e. The lowest BCUT2D eigenvalue weighted by Gasteiger charge is -2.09. The third-order valence-electron chi connectivity index (χ3n) is 3.70. The highest BCUT2D eigenvalue weighted by atomic mass is 32.2. The lowest BCUT2D eigenvalue weighted by atomic mass is 10.1. The molecular weight excluding hydrogens is 360 g/mol. The number of nitrogens with two attached hydrogens (primary N) is 1. The van der Waals surface area contributed by atoms with Crippen LogP contribution in [0.4, 0.5) is 0 Å². The molecule has 7 nitrogen and oxygen atoms in total. The van der Waals surface area contributed by atoms with Crippen molar-refractivity contribution < 1.29 is 4.74 Å². The van der Waals surface area contributed by atoms with Gasteiger partial charge in [0, 0.05) is 11.3 Å². The first-order valence-corrected chi connectivity index (χ1v) is 9.25. The Labute approximate surface area is 162 Å². The molecule has 3 aromatic rings. The molecule has 0 unspecified atom stereocenters. The van der Waals surface area contributed by atoms with E-state index in [1.165, 1.54) is 23.7 Å². The highest BCUT2D eigenvalue weighted by Crippen LogP contribution is 2.20. The van der Waals surface area contributed by atoms with Crippen molar-refractivity contribution in [2.45, 2.75) is 12.3 Å². The summed E-state index contributed by atoms with van der Waals surface area (Å²) in [6.45, 7) is 0.559. The molecule has 8 heteroatoms. The maximum atomic E-state index is 5.91. The molecule has 0 radical (unpaired) electrons. The lowest BCUT2D eigenvalue weighted by Crippen LogP contribution is -2.06. The zero-order valence-corrected chi connectivity index (χ0v) is 15.7. The number of benzene rings is 2. The van der Waals surface area contributed by atoms with E-state index < -0.39 is 0 Å². The maximum Gasteiger partial charge on any atom is 0.180 e. The molecule has 3 rings (SSSR count). The second-order valence-corrected chi connectivity index (χ2v) is 6.62. The van der Waals surface area contributed by atoms with Crippen LogP contribution in [-0.2, 0) is 12.3 Å². The van der Waals surface area contributed by atoms with E-state index in [1.54, 1.807) is 24.3 Å². The zero-order valence-electron chi connectivity index (χ0n) is 14.9. The second kappa shape index (κ2) is 9.54. The maximum absolute atomic E-state index is 5.91. The fourth-order valence-electron chi connectivity index (χ4n) is 2.40. The first-order valence-electron chi connectivity index (χ1n) is 8.27. The Bertz CT molecular complexity index is 909. The average Bonchev–Trinajstić information content (AvgIpc) is 3.20. The van der Waals surface area contributed by atoms with Crippen molar-refractivity contribution in [2.24, 2.45) is 15.9 Å². The Morgan fingerprint density at radius 3 is 2.85 bits per heavy atom. The van der Waals surface area contributed by atoms with Gasteiger partial charge in [-0.2, -0.15) is 10.2 Å². The molecule has 0 saturated carbocycles. The zero-order chi connectivity index (χ0) is 18.9. The van der Waals surface area contributed by atoms with Crippen molar-refractivity contribution in [3.63, 3.8) is 0 Å². The number of amidine groups is 1. The van der Waals surface area contributed by atoms with Gasteiger partial charge >= 0.3 is 0 Å². The Balaban J connectivity index is 1.63. The second-order valence-electron chi connectivity index (χ2n) is 5.62. The molecule has 0 aliphatic rings. The van der Waals surface area contributed by atoms with Gasteiger partial charge in [-0.05, 0) is 29.3 Å². The highest BCUT2D eigenvalue weighted by Gasteiger charge is 2.05. The molecule has 0 amide bonds. The summed E-state index contributed by atoms with van der Waals surface area (Å²) in [4.78, 5) is 3.96. The van der Waals surface area contributed by atoms with Crippen molar-refractivity contribution in [2.75, 3.05) is 7.11 Å². The number of nitrogens with zero attached hydrogens (tertiary/aromatic N) is 5. The summed E-state index contributed by atoms with van der Waals surface area (Å²) in [5.74, 6) is 1.54. The van der Waals surface area contributed by atoms with E-state index in [9.17, 15) is 0 Å². The van der Waals surface area contributed by atoms with E-state index in [4.69, 9.17) is 10.5 Å². The summed E-state index contributed by atoms with van der Waals surface area (Å²) < 4.78 is 7.14. The van der Waals surface area contributed by atoms with Crippen LogP contribution in [0, 0.1) is 0 Å². The van der Waals surface area contributed by atoms with Crippen LogP contribution in [0.3, 0.4) is 0 Å². The van der Waals surface area contributed by atoms with Gasteiger partial charge in [-0.25, -0.2) is 9.67 Å². The van der Waals surface area contributed by atoms with Crippen molar-refractivity contribution in [3.8, 4) is 5.75 Å². The first kappa shape index (κ1) is 18.7. The van der Waals surface area contributed by atoms with Gasteiger partial charge < -0.3 is 10.5 Å². The van der Waals surface area contributed by atoms with E-state index in [1.807, 2.05) is 36.4 Å². The van der Waals surface area contributed by atoms with Crippen LogP contribution in [-0.4, -0.2) is 33.3 Å². The summed E-state index contributed by atoms with van der Waals surface area (Å²) in [6.07, 6.45) is 4.83. The predicted octanol–water partition coefficient (Wildman–Crippen LogP) is 2.92. The van der Waals surface area contributed by atoms with Crippen molar-refractivity contribution in [1.29, 1.82) is 0 Å². The third kappa shape index (κ3) is 5.68. The number of ether oxygens (including phenoxy) is 1. The average molecular weight is 380 g/mol. The molecular formula is C19H20N6OS. The van der Waals surface area contributed by atoms with Crippen LogP contribution in [0.2, 0.25) is 0 Å². The van der Waals surface area contributed by atoms with Crippen LogP contribution in [0.5, 0.6) is 5.75 Å². The van der Waals surface area contributed by atoms with Gasteiger partial charge in [-0.3, -0.25) is 0 Å². The predicted molar refractivity (Wildman–Crippen MR) is 109 cm³/mol. The summed E-state index contributed by atoms with van der Waals surface area (Å²) in [7, 11) is 1.64. The fraction of sp³-hybridized carbons (Fsp3) is 0.158. The van der Waals surface area contributed by atoms with Crippen molar-refractivity contribution in [1.82, 2.24) is 14.8 Å². The molecule has 0 atom stereocenters. The molecule has 0 bridgehead atoms. The van der Waals surface area contributed by atoms with Crippen LogP contribution in [0.15, 0.2) is 71.4 Å². The molecule has 0 aliphatic heterocycles. The van der Waals surface area contributed by atoms with E-state index >= 15 is 0 Å². The number of rotatable bonds is 7. The van der Waals surface area contributed by atoms with Gasteiger partial charge in [0.2, 0.25) is 0 Å². The van der Waals surface area contributed by atoms with E-state index in [2.05, 4.69) is 32.4 Å². The molecule has 0 saturated heterocycles. The van der Waals surface area contributed by atoms with Gasteiger partial charge in [-0.15, -0.1) is 5.10 Å². The smallest absolute Gasteiger partial charge is 0.180 e. The van der Waals surface area contributed by atoms with Gasteiger partial charge in [-0.1, -0.05) is 42.1 Å². The minimum absolute atomic E-state index is 0.423. The van der Waals surface area contributed by atoms with E-state index in [0.717, 1.165) is 22.6 Å². The third-order valence-corrected chi connectivity index (χ3v) is 4.55. The van der Waals surface area contributed by atoms with Crippen molar-refractivity contribution >= 4 is 23.1 Å². The summed E-state index contributed by atoms with van der Waals surface area (Å²) in [6, 6.07) is 15.9. The molecule has 1 heterocycles. The van der Waals surface area contributed by atoms with Crippen LogP contribution in [0.25, 0.3) is 0 Å². The monoisotopic (exact) mass is 380 g/mol. The van der Waals surface area contributed by atoms with Crippen LogP contribution >= 0.6 is 11.8 Å². The molecule has 27 heavy (non-hydrogen) atoms. The molecule has 2 aromatic carbocycles. The first-order chi connectivity index (χ1) is 13.2.